The van der Waals surface area contributed by atoms with Crippen molar-refractivity contribution in [2.45, 2.75) is 38.5 Å². The van der Waals surface area contributed by atoms with Crippen LogP contribution in [0.15, 0.2) is 72.8 Å². The molecule has 3 aromatic rings. The van der Waals surface area contributed by atoms with Crippen molar-refractivity contribution in [3.63, 3.8) is 0 Å². The predicted molar refractivity (Wildman–Crippen MR) is 119 cm³/mol. The fraction of sp³-hybridized carbons (Fsp3) is 0.240. The molecule has 0 spiro atoms. The number of nitrogens with two attached hydrogens (primary N) is 1. The highest BCUT2D eigenvalue weighted by Gasteiger charge is 2.18. The van der Waals surface area contributed by atoms with E-state index in [0.29, 0.717) is 6.07 Å². The van der Waals surface area contributed by atoms with Crippen LogP contribution in [-0.4, -0.2) is 17.1 Å². The second-order valence-corrected chi connectivity index (χ2v) is 7.45. The van der Waals surface area contributed by atoms with Crippen LogP contribution < -0.4 is 11.2 Å². The zero-order valence-electron chi connectivity index (χ0n) is 18.2. The molecule has 3 rings (SSSR count). The van der Waals surface area contributed by atoms with Gasteiger partial charge in [0, 0.05) is 18.2 Å². The molecule has 0 aromatic heterocycles. The zero-order valence-corrected chi connectivity index (χ0v) is 18.2. The summed E-state index contributed by atoms with van der Waals surface area (Å²) in [5.74, 6) is -4.54. The van der Waals surface area contributed by atoms with Crippen molar-refractivity contribution in [3.05, 3.63) is 107 Å². The van der Waals surface area contributed by atoms with Gasteiger partial charge in [-0.2, -0.15) is 5.48 Å². The Kier molecular flexibility index (Phi) is 10.6. The Morgan fingerprint density at radius 3 is 2.09 bits per heavy atom. The lowest BCUT2D eigenvalue weighted by molar-refractivity contribution is -0.138. The van der Waals surface area contributed by atoms with Crippen LogP contribution in [0.1, 0.15) is 36.1 Å². The molecule has 0 aliphatic heterocycles. The second-order valence-electron chi connectivity index (χ2n) is 7.45. The highest BCUT2D eigenvalue weighted by Crippen LogP contribution is 2.16. The van der Waals surface area contributed by atoms with Crippen molar-refractivity contribution in [3.8, 4) is 0 Å². The number of carbonyl (C=O) groups is 1. The van der Waals surface area contributed by atoms with E-state index in [2.05, 4.69) is 5.48 Å². The van der Waals surface area contributed by atoms with Gasteiger partial charge in [-0.15, -0.1) is 0 Å². The number of hydroxylamine groups is 1. The summed E-state index contributed by atoms with van der Waals surface area (Å²) in [7, 11) is 0. The van der Waals surface area contributed by atoms with Crippen LogP contribution in [-0.2, 0) is 22.7 Å². The number of carboxylic acids is 1. The highest BCUT2D eigenvalue weighted by molar-refractivity contribution is 5.67. The van der Waals surface area contributed by atoms with Gasteiger partial charge in [-0.3, -0.25) is 9.63 Å². The van der Waals surface area contributed by atoms with E-state index in [9.17, 15) is 18.0 Å². The maximum absolute atomic E-state index is 13.7. The maximum Gasteiger partial charge on any atom is 0.305 e. The SMILES string of the molecule is C[C@@H](N)c1ccccc1.O=C(O)C[C@@H](Cc1cc(F)c(F)cc1F)NOCc1ccccc1. The summed E-state index contributed by atoms with van der Waals surface area (Å²) in [4.78, 5) is 16.2. The summed E-state index contributed by atoms with van der Waals surface area (Å²) in [6.07, 6.45) is -0.530. The molecule has 0 aliphatic carbocycles. The lowest BCUT2D eigenvalue weighted by atomic mass is 10.0. The Balaban J connectivity index is 0.000000357. The van der Waals surface area contributed by atoms with Gasteiger partial charge in [-0.1, -0.05) is 60.7 Å². The quantitative estimate of drug-likeness (QED) is 0.312. The van der Waals surface area contributed by atoms with Crippen LogP contribution in [0.2, 0.25) is 0 Å². The largest absolute Gasteiger partial charge is 0.481 e. The fourth-order valence-corrected chi connectivity index (χ4v) is 2.93. The van der Waals surface area contributed by atoms with Crippen molar-refractivity contribution in [2.75, 3.05) is 0 Å². The minimum absolute atomic E-state index is 0.129. The van der Waals surface area contributed by atoms with Gasteiger partial charge in [0.15, 0.2) is 11.6 Å². The minimum atomic E-state index is -1.29. The van der Waals surface area contributed by atoms with E-state index in [1.54, 1.807) is 0 Å². The minimum Gasteiger partial charge on any atom is -0.481 e. The number of nitrogens with one attached hydrogen (secondary N) is 1. The van der Waals surface area contributed by atoms with Crippen LogP contribution in [0.25, 0.3) is 0 Å². The molecule has 0 aliphatic rings. The Labute approximate surface area is 191 Å². The van der Waals surface area contributed by atoms with Crippen LogP contribution in [0, 0.1) is 17.5 Å². The Morgan fingerprint density at radius 2 is 1.55 bits per heavy atom. The van der Waals surface area contributed by atoms with Gasteiger partial charge in [0.1, 0.15) is 5.82 Å². The molecule has 0 fully saturated rings. The molecule has 4 N–H and O–H groups in total. The van der Waals surface area contributed by atoms with Crippen LogP contribution >= 0.6 is 0 Å². The molecule has 0 heterocycles. The van der Waals surface area contributed by atoms with Crippen LogP contribution in [0.5, 0.6) is 0 Å². The summed E-state index contributed by atoms with van der Waals surface area (Å²) in [6.45, 7) is 2.16. The molecular formula is C25H27F3N2O3. The molecule has 0 unspecified atom stereocenters. The number of aliphatic carboxylic acids is 1. The predicted octanol–water partition coefficient (Wildman–Crippen LogP) is 4.92. The smallest absolute Gasteiger partial charge is 0.305 e. The molecule has 0 saturated heterocycles. The first-order chi connectivity index (χ1) is 15.8. The molecule has 0 bridgehead atoms. The molecule has 33 heavy (non-hydrogen) atoms. The fourth-order valence-electron chi connectivity index (χ4n) is 2.93. The van der Waals surface area contributed by atoms with Gasteiger partial charge in [0.25, 0.3) is 0 Å². The molecule has 0 radical (unpaired) electrons. The Bertz CT molecular complexity index is 1000. The molecule has 8 heteroatoms. The third kappa shape index (κ3) is 9.44. The maximum atomic E-state index is 13.7. The summed E-state index contributed by atoms with van der Waals surface area (Å²) in [5.41, 5.74) is 10.1. The van der Waals surface area contributed by atoms with Crippen LogP contribution in [0.3, 0.4) is 0 Å². The first kappa shape index (κ1) is 26.1. The topological polar surface area (TPSA) is 84.6 Å². The summed E-state index contributed by atoms with van der Waals surface area (Å²) >= 11 is 0. The van der Waals surface area contributed by atoms with E-state index < -0.39 is 29.5 Å². The van der Waals surface area contributed by atoms with Gasteiger partial charge in [-0.25, -0.2) is 13.2 Å². The average molecular weight is 460 g/mol. The Hall–Kier alpha value is -3.20. The number of hydrogen-bond acceptors (Lipinski definition) is 4. The number of hydrogen-bond donors (Lipinski definition) is 3. The molecule has 5 nitrogen and oxygen atoms in total. The van der Waals surface area contributed by atoms with Gasteiger partial charge in [-0.05, 0) is 36.1 Å². The molecule has 2 atom stereocenters. The average Bonchev–Trinajstić information content (AvgIpc) is 2.79. The highest BCUT2D eigenvalue weighted by atomic mass is 19.2. The lowest BCUT2D eigenvalue weighted by Gasteiger charge is -2.17. The first-order valence-electron chi connectivity index (χ1n) is 10.3. The van der Waals surface area contributed by atoms with Crippen molar-refractivity contribution in [1.29, 1.82) is 0 Å². The lowest BCUT2D eigenvalue weighted by Crippen LogP contribution is -2.33. The monoisotopic (exact) mass is 460 g/mol. The number of carboxylic acid groups (broad SMARTS) is 1. The molecule has 3 aromatic carbocycles. The number of benzene rings is 3. The molecule has 0 saturated carbocycles. The van der Waals surface area contributed by atoms with Gasteiger partial charge in [0.05, 0.1) is 13.0 Å². The van der Waals surface area contributed by atoms with E-state index in [-0.39, 0.29) is 31.1 Å². The standard InChI is InChI=1S/C17H16F3NO3.C8H11N/c18-14-9-16(20)15(19)7-12(14)6-13(8-17(22)23)21-24-10-11-4-2-1-3-5-11;1-7(9)8-5-3-2-4-6-8/h1-5,7,9,13,21H,6,8,10H2,(H,22,23);2-7H,9H2,1H3/t13-;7-/m11/s1. The molecular weight excluding hydrogens is 433 g/mol. The third-order valence-corrected chi connectivity index (χ3v) is 4.63. The molecule has 0 amide bonds. The van der Waals surface area contributed by atoms with E-state index in [1.807, 2.05) is 67.6 Å². The Morgan fingerprint density at radius 1 is 0.970 bits per heavy atom. The van der Waals surface area contributed by atoms with Crippen molar-refractivity contribution >= 4 is 5.97 Å². The van der Waals surface area contributed by atoms with E-state index in [4.69, 9.17) is 15.7 Å². The summed E-state index contributed by atoms with van der Waals surface area (Å²) < 4.78 is 39.9. The van der Waals surface area contributed by atoms with Gasteiger partial charge in [0.2, 0.25) is 0 Å². The van der Waals surface area contributed by atoms with E-state index in [0.717, 1.165) is 11.6 Å². The number of halogens is 3. The van der Waals surface area contributed by atoms with Crippen molar-refractivity contribution in [1.82, 2.24) is 5.48 Å². The van der Waals surface area contributed by atoms with Crippen molar-refractivity contribution in [2.24, 2.45) is 5.73 Å². The third-order valence-electron chi connectivity index (χ3n) is 4.63. The normalized spacial score (nSPS) is 12.4. The zero-order chi connectivity index (χ0) is 24.2. The second kappa shape index (κ2) is 13.4. The number of rotatable bonds is 9. The van der Waals surface area contributed by atoms with Crippen LogP contribution in [0.4, 0.5) is 13.2 Å². The molecule has 176 valence electrons. The summed E-state index contributed by atoms with van der Waals surface area (Å²) in [5, 5.41) is 8.92. The van der Waals surface area contributed by atoms with E-state index in [1.165, 1.54) is 5.56 Å². The van der Waals surface area contributed by atoms with Crippen molar-refractivity contribution < 1.29 is 27.9 Å². The first-order valence-corrected chi connectivity index (χ1v) is 10.3. The van der Waals surface area contributed by atoms with Gasteiger partial charge >= 0.3 is 5.97 Å². The van der Waals surface area contributed by atoms with Gasteiger partial charge < -0.3 is 10.8 Å². The van der Waals surface area contributed by atoms with E-state index >= 15 is 0 Å². The summed E-state index contributed by atoms with van der Waals surface area (Å²) in [6, 6.07) is 19.7.